The molecule has 6 nitrogen and oxygen atoms in total. The van der Waals surface area contributed by atoms with E-state index < -0.39 is 15.3 Å². The second-order valence-corrected chi connectivity index (χ2v) is 9.73. The predicted octanol–water partition coefficient (Wildman–Crippen LogP) is 3.98. The number of hydrogen-bond acceptors (Lipinski definition) is 6. The van der Waals surface area contributed by atoms with Crippen molar-refractivity contribution in [3.63, 3.8) is 0 Å². The maximum absolute atomic E-state index is 13.1. The highest BCUT2D eigenvalue weighted by atomic mass is 32.2. The third-order valence-corrected chi connectivity index (χ3v) is 8.03. The van der Waals surface area contributed by atoms with Crippen LogP contribution in [0.15, 0.2) is 69.1 Å². The van der Waals surface area contributed by atoms with Crippen molar-refractivity contribution in [1.82, 2.24) is 0 Å². The van der Waals surface area contributed by atoms with Gasteiger partial charge in [0.15, 0.2) is 11.5 Å². The second-order valence-electron chi connectivity index (χ2n) is 7.07. The Morgan fingerprint density at radius 2 is 1.76 bits per heavy atom. The van der Waals surface area contributed by atoms with Gasteiger partial charge in [-0.25, -0.2) is 8.42 Å². The molecule has 1 aliphatic heterocycles. The van der Waals surface area contributed by atoms with E-state index in [4.69, 9.17) is 9.47 Å². The van der Waals surface area contributed by atoms with Gasteiger partial charge < -0.3 is 14.8 Å². The highest BCUT2D eigenvalue weighted by Gasteiger charge is 2.52. The molecule has 148 valence electrons. The van der Waals surface area contributed by atoms with Gasteiger partial charge in [0.2, 0.25) is 22.5 Å². The molecule has 29 heavy (non-hydrogen) atoms. The molecule has 2 heterocycles. The van der Waals surface area contributed by atoms with Crippen LogP contribution in [0, 0.1) is 0 Å². The summed E-state index contributed by atoms with van der Waals surface area (Å²) in [5.41, 5.74) is 0.495. The van der Waals surface area contributed by atoms with E-state index in [-0.39, 0.29) is 22.5 Å². The van der Waals surface area contributed by atoms with Crippen molar-refractivity contribution in [1.29, 1.82) is 0 Å². The summed E-state index contributed by atoms with van der Waals surface area (Å²) >= 11 is 1.24. The van der Waals surface area contributed by atoms with Crippen LogP contribution in [0.2, 0.25) is 0 Å². The number of hydrogen-bond donors (Lipinski definition) is 1. The number of amides is 1. The largest absolute Gasteiger partial charge is 0.454 e. The predicted molar refractivity (Wildman–Crippen MR) is 108 cm³/mol. The number of ether oxygens (including phenoxy) is 2. The van der Waals surface area contributed by atoms with Crippen molar-refractivity contribution >= 4 is 32.8 Å². The van der Waals surface area contributed by atoms with Crippen molar-refractivity contribution in [2.24, 2.45) is 0 Å². The maximum atomic E-state index is 13.1. The van der Waals surface area contributed by atoms with Gasteiger partial charge in [0.1, 0.15) is 4.90 Å². The lowest BCUT2D eigenvalue weighted by Gasteiger charge is -2.16. The summed E-state index contributed by atoms with van der Waals surface area (Å²) in [6.07, 6.45) is 1.40. The molecule has 0 bridgehead atoms. The van der Waals surface area contributed by atoms with Gasteiger partial charge in [-0.15, -0.1) is 11.3 Å². The van der Waals surface area contributed by atoms with Crippen LogP contribution in [0.25, 0.3) is 0 Å². The summed E-state index contributed by atoms with van der Waals surface area (Å²) in [5.74, 6) is 1.09. The second kappa shape index (κ2) is 6.60. The summed E-state index contributed by atoms with van der Waals surface area (Å²) in [5, 5.41) is 6.07. The molecule has 1 saturated carbocycles. The van der Waals surface area contributed by atoms with E-state index >= 15 is 0 Å². The fourth-order valence-corrected chi connectivity index (χ4v) is 6.08. The van der Waals surface area contributed by atoms with Gasteiger partial charge in [0, 0.05) is 10.8 Å². The third kappa shape index (κ3) is 2.99. The number of nitrogens with one attached hydrogen (secondary N) is 1. The molecule has 3 aromatic rings. The lowest BCUT2D eigenvalue weighted by molar-refractivity contribution is -0.118. The molecule has 8 heteroatoms. The molecule has 1 aromatic heterocycles. The van der Waals surface area contributed by atoms with Crippen LogP contribution in [-0.4, -0.2) is 21.1 Å². The van der Waals surface area contributed by atoms with E-state index in [2.05, 4.69) is 5.32 Å². The van der Waals surface area contributed by atoms with Crippen LogP contribution in [0.3, 0.4) is 0 Å². The Hall–Kier alpha value is -2.84. The number of rotatable bonds is 5. The summed E-state index contributed by atoms with van der Waals surface area (Å²) in [7, 11) is -3.71. The van der Waals surface area contributed by atoms with Crippen molar-refractivity contribution in [2.75, 3.05) is 12.1 Å². The van der Waals surface area contributed by atoms with Crippen LogP contribution in [-0.2, 0) is 20.0 Å². The SMILES string of the molecule is O=C(Nc1cscc1S(=O)(=O)c1ccccc1)C1(c2ccc3c(c2)OCO3)CC1. The van der Waals surface area contributed by atoms with E-state index in [9.17, 15) is 13.2 Å². The van der Waals surface area contributed by atoms with Gasteiger partial charge in [-0.1, -0.05) is 24.3 Å². The zero-order chi connectivity index (χ0) is 20.1. The molecule has 0 atom stereocenters. The van der Waals surface area contributed by atoms with E-state index in [1.165, 1.54) is 11.3 Å². The number of anilines is 1. The first-order chi connectivity index (χ1) is 14.0. The Balaban J connectivity index is 1.44. The highest BCUT2D eigenvalue weighted by molar-refractivity contribution is 7.91. The van der Waals surface area contributed by atoms with Gasteiger partial charge in [-0.2, -0.15) is 0 Å². The zero-order valence-corrected chi connectivity index (χ0v) is 16.9. The minimum Gasteiger partial charge on any atom is -0.454 e. The Kier molecular flexibility index (Phi) is 4.15. The van der Waals surface area contributed by atoms with E-state index in [1.807, 2.05) is 12.1 Å². The Bertz CT molecular complexity index is 1200. The average Bonchev–Trinajstić information content (AvgIpc) is 3.18. The Morgan fingerprint density at radius 3 is 2.52 bits per heavy atom. The van der Waals surface area contributed by atoms with E-state index in [0.29, 0.717) is 30.0 Å². The zero-order valence-electron chi connectivity index (χ0n) is 15.3. The van der Waals surface area contributed by atoms with Crippen molar-refractivity contribution in [3.05, 3.63) is 64.9 Å². The van der Waals surface area contributed by atoms with Crippen LogP contribution in [0.4, 0.5) is 5.69 Å². The molecule has 2 aromatic carbocycles. The quantitative estimate of drug-likeness (QED) is 0.666. The summed E-state index contributed by atoms with van der Waals surface area (Å²) < 4.78 is 36.7. The molecular weight excluding hydrogens is 410 g/mol. The molecule has 0 unspecified atom stereocenters. The smallest absolute Gasteiger partial charge is 0.235 e. The molecular formula is C21H17NO5S2. The topological polar surface area (TPSA) is 81.7 Å². The molecule has 1 amide bonds. The van der Waals surface area contributed by atoms with Crippen LogP contribution in [0.5, 0.6) is 11.5 Å². The summed E-state index contributed by atoms with van der Waals surface area (Å²) in [6.45, 7) is 0.174. The lowest BCUT2D eigenvalue weighted by atomic mass is 9.94. The van der Waals surface area contributed by atoms with Crippen LogP contribution >= 0.6 is 11.3 Å². The molecule has 1 fully saturated rings. The first-order valence-corrected chi connectivity index (χ1v) is 11.5. The normalized spacial score (nSPS) is 16.4. The number of thiophene rings is 1. The Labute approximate surface area is 172 Å². The van der Waals surface area contributed by atoms with Crippen molar-refractivity contribution in [2.45, 2.75) is 28.0 Å². The van der Waals surface area contributed by atoms with Crippen LogP contribution in [0.1, 0.15) is 18.4 Å². The van der Waals surface area contributed by atoms with Crippen molar-refractivity contribution in [3.8, 4) is 11.5 Å². The van der Waals surface area contributed by atoms with Gasteiger partial charge in [0.05, 0.1) is 16.0 Å². The minimum atomic E-state index is -3.71. The summed E-state index contributed by atoms with van der Waals surface area (Å²) in [6, 6.07) is 13.7. The van der Waals surface area contributed by atoms with Gasteiger partial charge in [-0.05, 0) is 42.7 Å². The van der Waals surface area contributed by atoms with Gasteiger partial charge >= 0.3 is 0 Å². The number of carbonyl (C=O) groups excluding carboxylic acids is 1. The third-order valence-electron chi connectivity index (χ3n) is 5.33. The Morgan fingerprint density at radius 1 is 1.00 bits per heavy atom. The van der Waals surface area contributed by atoms with Gasteiger partial charge in [0.25, 0.3) is 0 Å². The fraction of sp³-hybridized carbons (Fsp3) is 0.190. The molecule has 1 aliphatic carbocycles. The first kappa shape index (κ1) is 18.2. The first-order valence-electron chi connectivity index (χ1n) is 9.09. The molecule has 1 N–H and O–H groups in total. The van der Waals surface area contributed by atoms with Gasteiger partial charge in [-0.3, -0.25) is 4.79 Å². The molecule has 0 saturated heterocycles. The molecule has 0 radical (unpaired) electrons. The van der Waals surface area contributed by atoms with Crippen molar-refractivity contribution < 1.29 is 22.7 Å². The minimum absolute atomic E-state index is 0.114. The van der Waals surface area contributed by atoms with Crippen LogP contribution < -0.4 is 14.8 Å². The molecule has 5 rings (SSSR count). The highest BCUT2D eigenvalue weighted by Crippen LogP contribution is 2.51. The van der Waals surface area contributed by atoms with E-state index in [1.54, 1.807) is 47.2 Å². The number of fused-ring (bicyclic) bond motifs is 1. The fourth-order valence-electron chi connectivity index (χ4n) is 3.52. The molecule has 0 spiro atoms. The number of sulfone groups is 1. The monoisotopic (exact) mass is 427 g/mol. The average molecular weight is 428 g/mol. The standard InChI is InChI=1S/C21H17NO5S2/c23-20(21(8-9-21)14-6-7-17-18(10-14)27-13-26-17)22-16-11-28-12-19(16)29(24,25)15-4-2-1-3-5-15/h1-7,10-12H,8-9,13H2,(H,22,23). The number of carbonyl (C=O) groups is 1. The summed E-state index contributed by atoms with van der Waals surface area (Å²) in [4.78, 5) is 13.5. The lowest BCUT2D eigenvalue weighted by Crippen LogP contribution is -2.28. The van der Waals surface area contributed by atoms with E-state index in [0.717, 1.165) is 5.56 Å². The number of benzene rings is 2. The maximum Gasteiger partial charge on any atom is 0.235 e. The molecule has 2 aliphatic rings.